The van der Waals surface area contributed by atoms with E-state index in [9.17, 15) is 9.90 Å². The monoisotopic (exact) mass is 402 g/mol. The molecule has 2 aromatic heterocycles. The first-order valence-electron chi connectivity index (χ1n) is 9.24. The van der Waals surface area contributed by atoms with Crippen LogP contribution < -0.4 is 10.7 Å². The maximum absolute atomic E-state index is 13.2. The van der Waals surface area contributed by atoms with Crippen LogP contribution in [0, 0.1) is 0 Å². The zero-order chi connectivity index (χ0) is 20.0. The van der Waals surface area contributed by atoms with Gasteiger partial charge in [-0.25, -0.2) is 4.98 Å². The van der Waals surface area contributed by atoms with E-state index in [1.54, 1.807) is 10.8 Å². The largest absolute Gasteiger partial charge is 0.860 e. The molecular weight excluding hydrogens is 386 g/mol. The van der Waals surface area contributed by atoms with Crippen molar-refractivity contribution in [3.05, 3.63) is 76.5 Å². The van der Waals surface area contributed by atoms with Gasteiger partial charge in [-0.3, -0.25) is 9.78 Å². The molecule has 0 aliphatic carbocycles. The van der Waals surface area contributed by atoms with Gasteiger partial charge in [0.25, 0.3) is 5.56 Å². The van der Waals surface area contributed by atoms with E-state index in [-0.39, 0.29) is 11.4 Å². The molecule has 29 heavy (non-hydrogen) atoms. The number of hydrogen-bond acceptors (Lipinski definition) is 6. The van der Waals surface area contributed by atoms with E-state index < -0.39 is 0 Å². The molecule has 0 spiro atoms. The van der Waals surface area contributed by atoms with E-state index in [4.69, 9.17) is 0 Å². The lowest BCUT2D eigenvalue weighted by Crippen LogP contribution is -2.20. The zero-order valence-corrected chi connectivity index (χ0v) is 16.4. The Labute approximate surface area is 169 Å². The molecule has 0 unspecified atom stereocenters. The minimum Gasteiger partial charge on any atom is -0.860 e. The molecule has 0 fully saturated rings. The summed E-state index contributed by atoms with van der Waals surface area (Å²) in [6.07, 6.45) is 2.22. The van der Waals surface area contributed by atoms with Crippen molar-refractivity contribution in [2.75, 3.05) is 0 Å². The van der Waals surface area contributed by atoms with Crippen LogP contribution >= 0.6 is 11.3 Å². The highest BCUT2D eigenvalue weighted by Crippen LogP contribution is 2.29. The lowest BCUT2D eigenvalue weighted by atomic mass is 10.1. The third-order valence-electron chi connectivity index (χ3n) is 4.86. The fourth-order valence-electron chi connectivity index (χ4n) is 3.53. The standard InChI is InChI=1S/C21H17N5O2S/c1-2-16-19-15(11-18(27)25(16)12-13-7-5-6-10-22-13)24-26(20(19)28)21-23-14-8-3-4-9-17(14)29-21/h3-11,27H,2,12H2,1H3/p-1. The van der Waals surface area contributed by atoms with E-state index >= 15 is 0 Å². The summed E-state index contributed by atoms with van der Waals surface area (Å²) in [5.74, 6) is -0.200. The van der Waals surface area contributed by atoms with Crippen molar-refractivity contribution in [3.8, 4) is 22.3 Å². The molecule has 0 bridgehead atoms. The maximum atomic E-state index is 13.2. The van der Waals surface area contributed by atoms with Gasteiger partial charge in [0.1, 0.15) is 0 Å². The lowest BCUT2D eigenvalue weighted by Gasteiger charge is -2.23. The van der Waals surface area contributed by atoms with Crippen LogP contribution in [0.5, 0.6) is 5.88 Å². The van der Waals surface area contributed by atoms with Crippen LogP contribution in [0.15, 0.2) is 59.5 Å². The highest BCUT2D eigenvalue weighted by molar-refractivity contribution is 7.20. The summed E-state index contributed by atoms with van der Waals surface area (Å²) in [7, 11) is 0. The molecule has 144 valence electrons. The fraction of sp³-hybridized carbons (Fsp3) is 0.143. The van der Waals surface area contributed by atoms with Gasteiger partial charge in [-0.1, -0.05) is 36.5 Å². The van der Waals surface area contributed by atoms with Crippen LogP contribution in [0.4, 0.5) is 0 Å². The van der Waals surface area contributed by atoms with Crippen molar-refractivity contribution in [3.63, 3.8) is 0 Å². The molecule has 0 amide bonds. The number of hydrogen-bond donors (Lipinski definition) is 0. The Kier molecular flexibility index (Phi) is 4.13. The second-order valence-electron chi connectivity index (χ2n) is 6.63. The van der Waals surface area contributed by atoms with Gasteiger partial charge >= 0.3 is 0 Å². The summed E-state index contributed by atoms with van der Waals surface area (Å²) in [4.78, 5) is 22.1. The van der Waals surface area contributed by atoms with Crippen LogP contribution in [0.1, 0.15) is 18.3 Å². The highest BCUT2D eigenvalue weighted by atomic mass is 32.1. The van der Waals surface area contributed by atoms with Crippen LogP contribution in [-0.4, -0.2) is 24.3 Å². The molecule has 3 aromatic rings. The number of benzene rings is 1. The van der Waals surface area contributed by atoms with E-state index in [1.807, 2.05) is 49.4 Å². The molecule has 5 rings (SSSR count). The summed E-state index contributed by atoms with van der Waals surface area (Å²) in [6, 6.07) is 14.7. The number of pyridine rings is 2. The van der Waals surface area contributed by atoms with Crippen molar-refractivity contribution < 1.29 is 5.11 Å². The average molecular weight is 402 g/mol. The minimum absolute atomic E-state index is 0.200. The average Bonchev–Trinajstić information content (AvgIpc) is 3.30. The summed E-state index contributed by atoms with van der Waals surface area (Å²) in [5.41, 5.74) is 2.84. The lowest BCUT2D eigenvalue weighted by molar-refractivity contribution is -0.279. The van der Waals surface area contributed by atoms with Gasteiger partial charge in [-0.15, -0.1) is 0 Å². The number of thiazole rings is 1. The molecule has 4 heterocycles. The number of rotatable bonds is 4. The van der Waals surface area contributed by atoms with Crippen molar-refractivity contribution in [1.29, 1.82) is 0 Å². The van der Waals surface area contributed by atoms with E-state index in [0.29, 0.717) is 35.0 Å². The molecular formula is C21H16N5O2S-. The van der Waals surface area contributed by atoms with Gasteiger partial charge < -0.3 is 9.67 Å². The van der Waals surface area contributed by atoms with Gasteiger partial charge in [0.15, 0.2) is 0 Å². The smallest absolute Gasteiger partial charge is 0.284 e. The predicted molar refractivity (Wildman–Crippen MR) is 110 cm³/mol. The zero-order valence-electron chi connectivity index (χ0n) is 15.6. The van der Waals surface area contributed by atoms with Gasteiger partial charge in [0.2, 0.25) is 5.13 Å². The molecule has 1 aromatic carbocycles. The normalized spacial score (nSPS) is 11.5. The second kappa shape index (κ2) is 6.82. The van der Waals surface area contributed by atoms with Crippen molar-refractivity contribution >= 4 is 21.6 Å². The third-order valence-corrected chi connectivity index (χ3v) is 5.87. The molecule has 2 aliphatic rings. The van der Waals surface area contributed by atoms with Gasteiger partial charge in [0, 0.05) is 11.9 Å². The van der Waals surface area contributed by atoms with Crippen LogP contribution in [0.3, 0.4) is 0 Å². The fourth-order valence-corrected chi connectivity index (χ4v) is 4.44. The Balaban J connectivity index is 1.71. The van der Waals surface area contributed by atoms with E-state index in [1.165, 1.54) is 22.1 Å². The van der Waals surface area contributed by atoms with Crippen molar-refractivity contribution in [2.45, 2.75) is 19.9 Å². The van der Waals surface area contributed by atoms with Gasteiger partial charge in [-0.2, -0.15) is 9.78 Å². The Morgan fingerprint density at radius 1 is 1.14 bits per heavy atom. The number of aromatic nitrogens is 5. The van der Waals surface area contributed by atoms with Gasteiger partial charge in [0.05, 0.1) is 33.7 Å². The first-order valence-corrected chi connectivity index (χ1v) is 10.1. The molecule has 0 saturated carbocycles. The SMILES string of the molecule is CCc1c2c(=O)n(-c3nc4ccccc4s3)nc-2cc([O-])n1Cc1ccccn1. The first-order chi connectivity index (χ1) is 14.2. The topological polar surface area (TPSA) is 88.7 Å². The summed E-state index contributed by atoms with van der Waals surface area (Å²) < 4.78 is 3.89. The first kappa shape index (κ1) is 17.6. The summed E-state index contributed by atoms with van der Waals surface area (Å²) in [6.45, 7) is 2.24. The number of fused-ring (bicyclic) bond motifs is 2. The van der Waals surface area contributed by atoms with Crippen LogP contribution in [0.25, 0.3) is 26.6 Å². The predicted octanol–water partition coefficient (Wildman–Crippen LogP) is 2.83. The number of nitrogens with zero attached hydrogens (tertiary/aromatic N) is 5. The second-order valence-corrected chi connectivity index (χ2v) is 7.64. The number of para-hydroxylation sites is 1. The van der Waals surface area contributed by atoms with Crippen molar-refractivity contribution in [2.24, 2.45) is 0 Å². The van der Waals surface area contributed by atoms with E-state index in [0.717, 1.165) is 15.9 Å². The third kappa shape index (κ3) is 2.89. The maximum Gasteiger partial charge on any atom is 0.284 e. The molecule has 0 atom stereocenters. The molecule has 2 aliphatic heterocycles. The van der Waals surface area contributed by atoms with Crippen LogP contribution in [0.2, 0.25) is 0 Å². The molecule has 7 nitrogen and oxygen atoms in total. The Bertz CT molecular complexity index is 1320. The Hall–Kier alpha value is -3.52. The summed E-state index contributed by atoms with van der Waals surface area (Å²) >= 11 is 1.40. The van der Waals surface area contributed by atoms with Crippen LogP contribution in [-0.2, 0) is 13.0 Å². The summed E-state index contributed by atoms with van der Waals surface area (Å²) in [5, 5.41) is 17.7. The van der Waals surface area contributed by atoms with Crippen molar-refractivity contribution in [1.82, 2.24) is 24.3 Å². The quantitative estimate of drug-likeness (QED) is 0.461. The minimum atomic E-state index is -0.259. The van der Waals surface area contributed by atoms with E-state index in [2.05, 4.69) is 15.1 Å². The molecule has 8 heteroatoms. The molecule has 0 N–H and O–H groups in total. The Morgan fingerprint density at radius 2 is 1.97 bits per heavy atom. The highest BCUT2D eigenvalue weighted by Gasteiger charge is 2.23. The van der Waals surface area contributed by atoms with Gasteiger partial charge in [-0.05, 0) is 42.6 Å². The Morgan fingerprint density at radius 3 is 2.72 bits per heavy atom. The molecule has 0 radical (unpaired) electrons. The molecule has 0 saturated heterocycles.